The SMILES string of the molecule is Cc1nn(-c2ccccc2)c(Cl)c1C(=O)OC(C)C(=O)NC(=O)Nc1ccccc1. The second-order valence-electron chi connectivity index (χ2n) is 6.36. The van der Waals surface area contributed by atoms with Gasteiger partial charge in [-0.2, -0.15) is 5.10 Å². The van der Waals surface area contributed by atoms with Gasteiger partial charge in [0.05, 0.1) is 11.4 Å². The van der Waals surface area contributed by atoms with Gasteiger partial charge in [0.1, 0.15) is 10.7 Å². The van der Waals surface area contributed by atoms with Crippen LogP contribution in [0.2, 0.25) is 5.15 Å². The maximum Gasteiger partial charge on any atom is 0.344 e. The zero-order chi connectivity index (χ0) is 21.7. The van der Waals surface area contributed by atoms with E-state index in [1.165, 1.54) is 11.6 Å². The highest BCUT2D eigenvalue weighted by molar-refractivity contribution is 6.33. The molecule has 2 aromatic carbocycles. The van der Waals surface area contributed by atoms with E-state index < -0.39 is 24.0 Å². The van der Waals surface area contributed by atoms with Crippen LogP contribution in [0.4, 0.5) is 10.5 Å². The summed E-state index contributed by atoms with van der Waals surface area (Å²) in [6.45, 7) is 2.97. The largest absolute Gasteiger partial charge is 0.449 e. The molecule has 0 aliphatic carbocycles. The normalized spacial score (nSPS) is 11.4. The van der Waals surface area contributed by atoms with Crippen molar-refractivity contribution >= 4 is 35.2 Å². The molecule has 0 saturated heterocycles. The van der Waals surface area contributed by atoms with Crippen molar-refractivity contribution in [3.05, 3.63) is 77.1 Å². The molecule has 0 spiro atoms. The molecule has 0 aliphatic heterocycles. The lowest BCUT2D eigenvalue weighted by Gasteiger charge is -2.13. The summed E-state index contributed by atoms with van der Waals surface area (Å²) in [7, 11) is 0. The Morgan fingerprint density at radius 3 is 2.27 bits per heavy atom. The minimum Gasteiger partial charge on any atom is -0.449 e. The predicted molar refractivity (Wildman–Crippen MR) is 112 cm³/mol. The van der Waals surface area contributed by atoms with E-state index in [9.17, 15) is 14.4 Å². The molecule has 3 amide bonds. The number of nitrogens with one attached hydrogen (secondary N) is 2. The van der Waals surface area contributed by atoms with Gasteiger partial charge >= 0.3 is 12.0 Å². The van der Waals surface area contributed by atoms with Crippen LogP contribution in [-0.2, 0) is 9.53 Å². The van der Waals surface area contributed by atoms with E-state index in [4.69, 9.17) is 16.3 Å². The molecule has 9 heteroatoms. The van der Waals surface area contributed by atoms with E-state index in [0.29, 0.717) is 17.1 Å². The summed E-state index contributed by atoms with van der Waals surface area (Å²) in [6.07, 6.45) is -1.23. The molecule has 0 radical (unpaired) electrons. The van der Waals surface area contributed by atoms with Crippen LogP contribution in [0, 0.1) is 6.92 Å². The number of carbonyl (C=O) groups excluding carboxylic acids is 3. The van der Waals surface area contributed by atoms with Crippen molar-refractivity contribution in [2.45, 2.75) is 20.0 Å². The first kappa shape index (κ1) is 21.1. The number of halogens is 1. The summed E-state index contributed by atoms with van der Waals surface area (Å²) in [4.78, 5) is 36.7. The topological polar surface area (TPSA) is 102 Å². The van der Waals surface area contributed by atoms with Crippen LogP contribution >= 0.6 is 11.6 Å². The van der Waals surface area contributed by atoms with Crippen molar-refractivity contribution in [3.8, 4) is 5.69 Å². The number of amides is 3. The maximum absolute atomic E-state index is 12.6. The molecular weight excluding hydrogens is 408 g/mol. The smallest absolute Gasteiger partial charge is 0.344 e. The predicted octanol–water partition coefficient (Wildman–Crippen LogP) is 3.73. The number of benzene rings is 2. The number of nitrogens with zero attached hydrogens (tertiary/aromatic N) is 2. The van der Waals surface area contributed by atoms with Gasteiger partial charge in [0.15, 0.2) is 6.10 Å². The first-order chi connectivity index (χ1) is 14.4. The molecule has 8 nitrogen and oxygen atoms in total. The Morgan fingerprint density at radius 2 is 1.63 bits per heavy atom. The molecule has 0 bridgehead atoms. The highest BCUT2D eigenvalue weighted by atomic mass is 35.5. The molecule has 1 heterocycles. The van der Waals surface area contributed by atoms with Gasteiger partial charge < -0.3 is 10.1 Å². The number of esters is 1. The Hall–Kier alpha value is -3.65. The van der Waals surface area contributed by atoms with Crippen LogP contribution in [0.5, 0.6) is 0 Å². The monoisotopic (exact) mass is 426 g/mol. The lowest BCUT2D eigenvalue weighted by molar-refractivity contribution is -0.127. The molecule has 30 heavy (non-hydrogen) atoms. The Morgan fingerprint density at radius 1 is 1.03 bits per heavy atom. The average molecular weight is 427 g/mol. The van der Waals surface area contributed by atoms with E-state index in [1.54, 1.807) is 49.4 Å². The molecule has 1 aromatic heterocycles. The number of ether oxygens (including phenoxy) is 1. The van der Waals surface area contributed by atoms with Gasteiger partial charge in [-0.05, 0) is 38.1 Å². The third kappa shape index (κ3) is 4.84. The molecule has 1 atom stereocenters. The first-order valence-corrected chi connectivity index (χ1v) is 9.43. The van der Waals surface area contributed by atoms with Gasteiger partial charge in [0, 0.05) is 5.69 Å². The van der Waals surface area contributed by atoms with Gasteiger partial charge in [-0.3, -0.25) is 10.1 Å². The molecular formula is C21H19ClN4O4. The van der Waals surface area contributed by atoms with Gasteiger partial charge in [0.25, 0.3) is 5.91 Å². The van der Waals surface area contributed by atoms with Crippen molar-refractivity contribution < 1.29 is 19.1 Å². The van der Waals surface area contributed by atoms with Crippen LogP contribution in [-0.4, -0.2) is 33.8 Å². The minimum absolute atomic E-state index is 0.0499. The molecule has 154 valence electrons. The second-order valence-corrected chi connectivity index (χ2v) is 6.71. The number of carbonyl (C=O) groups is 3. The number of hydrogen-bond acceptors (Lipinski definition) is 5. The zero-order valence-electron chi connectivity index (χ0n) is 16.3. The van der Waals surface area contributed by atoms with Crippen LogP contribution in [0.25, 0.3) is 5.69 Å². The quantitative estimate of drug-likeness (QED) is 0.605. The van der Waals surface area contributed by atoms with E-state index in [0.717, 1.165) is 0 Å². The number of hydrogen-bond donors (Lipinski definition) is 2. The Labute approximate surface area is 177 Å². The summed E-state index contributed by atoms with van der Waals surface area (Å²) in [6, 6.07) is 16.9. The standard InChI is InChI=1S/C21H19ClN4O4/c1-13-17(18(22)26(25-13)16-11-7-4-8-12-16)20(28)30-14(2)19(27)24-21(29)23-15-9-5-3-6-10-15/h3-12,14H,1-2H3,(H2,23,24,27,29). The molecule has 0 aliphatic rings. The van der Waals surface area contributed by atoms with Crippen LogP contribution < -0.4 is 10.6 Å². The number of imide groups is 1. The van der Waals surface area contributed by atoms with Crippen molar-refractivity contribution in [2.24, 2.45) is 0 Å². The fraction of sp³-hybridized carbons (Fsp3) is 0.143. The fourth-order valence-corrected chi connectivity index (χ4v) is 2.99. The first-order valence-electron chi connectivity index (χ1n) is 9.05. The number of rotatable bonds is 5. The number of aryl methyl sites for hydroxylation is 1. The minimum atomic E-state index is -1.23. The Bertz CT molecular complexity index is 1070. The van der Waals surface area contributed by atoms with Gasteiger partial charge in [-0.1, -0.05) is 48.0 Å². The summed E-state index contributed by atoms with van der Waals surface area (Å²) >= 11 is 6.33. The Kier molecular flexibility index (Phi) is 6.48. The van der Waals surface area contributed by atoms with E-state index in [-0.39, 0.29) is 10.7 Å². The van der Waals surface area contributed by atoms with Crippen LogP contribution in [0.1, 0.15) is 23.0 Å². The second kappa shape index (κ2) is 9.23. The fourth-order valence-electron chi connectivity index (χ4n) is 2.64. The van der Waals surface area contributed by atoms with E-state index >= 15 is 0 Å². The number of para-hydroxylation sites is 2. The highest BCUT2D eigenvalue weighted by Gasteiger charge is 2.26. The molecule has 2 N–H and O–H groups in total. The summed E-state index contributed by atoms with van der Waals surface area (Å²) in [5.41, 5.74) is 1.59. The number of aromatic nitrogens is 2. The highest BCUT2D eigenvalue weighted by Crippen LogP contribution is 2.24. The molecule has 3 rings (SSSR count). The van der Waals surface area contributed by atoms with E-state index in [2.05, 4.69) is 15.7 Å². The summed E-state index contributed by atoms with van der Waals surface area (Å²) < 4.78 is 6.60. The molecule has 3 aromatic rings. The average Bonchev–Trinajstić information content (AvgIpc) is 3.03. The lowest BCUT2D eigenvalue weighted by atomic mass is 10.2. The number of anilines is 1. The van der Waals surface area contributed by atoms with Crippen molar-refractivity contribution in [2.75, 3.05) is 5.32 Å². The molecule has 0 saturated carbocycles. The van der Waals surface area contributed by atoms with Crippen molar-refractivity contribution in [3.63, 3.8) is 0 Å². The number of urea groups is 1. The third-order valence-corrected chi connectivity index (χ3v) is 4.48. The molecule has 0 fully saturated rings. The summed E-state index contributed by atoms with van der Waals surface area (Å²) in [5, 5.41) is 8.97. The molecule has 1 unspecified atom stereocenters. The zero-order valence-corrected chi connectivity index (χ0v) is 17.0. The van der Waals surface area contributed by atoms with Crippen molar-refractivity contribution in [1.82, 2.24) is 15.1 Å². The lowest BCUT2D eigenvalue weighted by Crippen LogP contribution is -2.41. The van der Waals surface area contributed by atoms with Gasteiger partial charge in [0.2, 0.25) is 0 Å². The maximum atomic E-state index is 12.6. The van der Waals surface area contributed by atoms with Gasteiger partial charge in [-0.15, -0.1) is 0 Å². The van der Waals surface area contributed by atoms with Crippen LogP contribution in [0.3, 0.4) is 0 Å². The van der Waals surface area contributed by atoms with Crippen molar-refractivity contribution in [1.29, 1.82) is 0 Å². The Balaban J connectivity index is 1.65. The van der Waals surface area contributed by atoms with E-state index in [1.807, 2.05) is 18.2 Å². The third-order valence-electron chi connectivity index (χ3n) is 4.13. The summed E-state index contributed by atoms with van der Waals surface area (Å²) in [5.74, 6) is -1.59. The van der Waals surface area contributed by atoms with Crippen LogP contribution in [0.15, 0.2) is 60.7 Å². The van der Waals surface area contributed by atoms with Gasteiger partial charge in [-0.25, -0.2) is 14.3 Å².